The average Bonchev–Trinajstić information content (AvgIpc) is 2.50. The average molecular weight is 287 g/mol. The Bertz CT molecular complexity index is 604. The molecule has 0 amide bonds. The Hall–Kier alpha value is -2.88. The van der Waals surface area contributed by atoms with E-state index in [1.165, 1.54) is 18.2 Å². The van der Waals surface area contributed by atoms with Gasteiger partial charge in [-0.15, -0.1) is 0 Å². The Balaban J connectivity index is 3.03. The molecule has 7 heteroatoms. The summed E-state index contributed by atoms with van der Waals surface area (Å²) >= 11 is 0. The number of nitro groups is 1. The van der Waals surface area contributed by atoms with Crippen molar-refractivity contribution < 1.29 is 4.92 Å². The number of hydrogen-bond donors (Lipinski definition) is 1. The summed E-state index contributed by atoms with van der Waals surface area (Å²) in [6, 6.07) is 6.30. The van der Waals surface area contributed by atoms with E-state index in [1.54, 1.807) is 11.1 Å². The van der Waals surface area contributed by atoms with Gasteiger partial charge in [0.2, 0.25) is 0 Å². The van der Waals surface area contributed by atoms with Crippen LogP contribution in [0.15, 0.2) is 36.0 Å². The second kappa shape index (κ2) is 7.65. The molecule has 1 N–H and O–H groups in total. The number of nitro benzene ring substituents is 1. The lowest BCUT2D eigenvalue weighted by Crippen LogP contribution is -2.19. The molecule has 1 aromatic rings. The monoisotopic (exact) mass is 287 g/mol. The molecule has 0 aliphatic rings. The minimum absolute atomic E-state index is 0.138. The van der Waals surface area contributed by atoms with Crippen LogP contribution in [0.4, 0.5) is 11.4 Å². The van der Waals surface area contributed by atoms with Gasteiger partial charge < -0.3 is 10.3 Å². The smallest absolute Gasteiger partial charge is 0.293 e. The van der Waals surface area contributed by atoms with Gasteiger partial charge >= 0.3 is 0 Å². The lowest BCUT2D eigenvalue weighted by Gasteiger charge is -2.13. The third-order valence-corrected chi connectivity index (χ3v) is 2.80. The van der Waals surface area contributed by atoms with E-state index < -0.39 is 4.92 Å². The summed E-state index contributed by atoms with van der Waals surface area (Å²) in [5, 5.41) is 29.0. The summed E-state index contributed by atoms with van der Waals surface area (Å²) in [6.07, 6.45) is 1.57. The fourth-order valence-electron chi connectivity index (χ4n) is 1.59. The molecule has 21 heavy (non-hydrogen) atoms. The molecular formula is C14H17N5O2. The molecule has 0 fully saturated rings. The van der Waals surface area contributed by atoms with E-state index in [-0.39, 0.29) is 23.5 Å². The van der Waals surface area contributed by atoms with E-state index in [4.69, 9.17) is 5.26 Å². The molecule has 0 saturated carbocycles. The number of hydrazone groups is 1. The molecule has 0 aliphatic carbocycles. The van der Waals surface area contributed by atoms with Crippen molar-refractivity contribution in [2.75, 3.05) is 25.5 Å². The minimum Gasteiger partial charge on any atom is -0.373 e. The summed E-state index contributed by atoms with van der Waals surface area (Å²) < 4.78 is 0. The first-order valence-corrected chi connectivity index (χ1v) is 6.35. The predicted molar refractivity (Wildman–Crippen MR) is 82.2 cm³/mol. The van der Waals surface area contributed by atoms with Gasteiger partial charge in [-0.1, -0.05) is 12.6 Å². The van der Waals surface area contributed by atoms with Crippen molar-refractivity contribution in [2.24, 2.45) is 5.10 Å². The molecule has 1 aromatic carbocycles. The van der Waals surface area contributed by atoms with Crippen LogP contribution in [0, 0.1) is 21.4 Å². The van der Waals surface area contributed by atoms with Gasteiger partial charge in [0.15, 0.2) is 0 Å². The largest absolute Gasteiger partial charge is 0.373 e. The van der Waals surface area contributed by atoms with Crippen LogP contribution in [0.25, 0.3) is 0 Å². The molecule has 7 nitrogen and oxygen atoms in total. The SMILES string of the molecule is C=C/C(CNc1c(C#N)cccc1[N+](=O)[O-])=N\N(C)CC. The second-order valence-electron chi connectivity index (χ2n) is 4.19. The topological polar surface area (TPSA) is 94.6 Å². The molecular weight excluding hydrogens is 270 g/mol. The number of anilines is 1. The van der Waals surface area contributed by atoms with Crippen LogP contribution in [0.2, 0.25) is 0 Å². The second-order valence-corrected chi connectivity index (χ2v) is 4.19. The highest BCUT2D eigenvalue weighted by atomic mass is 16.6. The molecule has 0 heterocycles. The Morgan fingerprint density at radius 2 is 2.38 bits per heavy atom. The van der Waals surface area contributed by atoms with E-state index >= 15 is 0 Å². The number of nitrogens with one attached hydrogen (secondary N) is 1. The molecule has 0 radical (unpaired) electrons. The van der Waals surface area contributed by atoms with Crippen LogP contribution in [-0.4, -0.2) is 35.8 Å². The van der Waals surface area contributed by atoms with Crippen molar-refractivity contribution in [2.45, 2.75) is 6.92 Å². The first-order chi connectivity index (χ1) is 10.0. The first-order valence-electron chi connectivity index (χ1n) is 6.35. The minimum atomic E-state index is -0.522. The highest BCUT2D eigenvalue weighted by Gasteiger charge is 2.17. The van der Waals surface area contributed by atoms with Crippen molar-refractivity contribution in [1.82, 2.24) is 5.01 Å². The van der Waals surface area contributed by atoms with Gasteiger partial charge in [0.1, 0.15) is 11.8 Å². The Morgan fingerprint density at radius 1 is 1.67 bits per heavy atom. The van der Waals surface area contributed by atoms with E-state index in [2.05, 4.69) is 17.0 Å². The van der Waals surface area contributed by atoms with Crippen molar-refractivity contribution in [3.8, 4) is 6.07 Å². The van der Waals surface area contributed by atoms with Crippen molar-refractivity contribution >= 4 is 17.1 Å². The number of para-hydroxylation sites is 1. The zero-order valence-electron chi connectivity index (χ0n) is 12.0. The van der Waals surface area contributed by atoms with Gasteiger partial charge in [0.05, 0.1) is 22.7 Å². The van der Waals surface area contributed by atoms with E-state index in [9.17, 15) is 10.1 Å². The van der Waals surface area contributed by atoms with E-state index in [0.717, 1.165) is 6.54 Å². The molecule has 0 aliphatic heterocycles. The fraction of sp³-hybridized carbons (Fsp3) is 0.286. The molecule has 0 unspecified atom stereocenters. The maximum Gasteiger partial charge on any atom is 0.293 e. The normalized spacial score (nSPS) is 10.6. The predicted octanol–water partition coefficient (Wildman–Crippen LogP) is 2.37. The first kappa shape index (κ1) is 16.2. The number of nitrogens with zero attached hydrogens (tertiary/aromatic N) is 4. The quantitative estimate of drug-likeness (QED) is 0.472. The van der Waals surface area contributed by atoms with Gasteiger partial charge in [-0.25, -0.2) is 0 Å². The number of benzene rings is 1. The van der Waals surface area contributed by atoms with Gasteiger partial charge in [0.25, 0.3) is 5.69 Å². The number of rotatable bonds is 7. The van der Waals surface area contributed by atoms with Crippen LogP contribution in [-0.2, 0) is 0 Å². The van der Waals surface area contributed by atoms with Crippen LogP contribution in [0.3, 0.4) is 0 Å². The van der Waals surface area contributed by atoms with Crippen LogP contribution in [0.1, 0.15) is 12.5 Å². The summed E-state index contributed by atoms with van der Waals surface area (Å²) in [5.41, 5.74) is 0.901. The van der Waals surface area contributed by atoms with Gasteiger partial charge in [0, 0.05) is 19.7 Å². The molecule has 0 spiro atoms. The molecule has 110 valence electrons. The van der Waals surface area contributed by atoms with Crippen LogP contribution in [0.5, 0.6) is 0 Å². The van der Waals surface area contributed by atoms with Crippen LogP contribution < -0.4 is 5.32 Å². The lowest BCUT2D eigenvalue weighted by atomic mass is 10.1. The molecule has 0 bridgehead atoms. The molecule has 1 rings (SSSR count). The summed E-state index contributed by atoms with van der Waals surface area (Å²) in [5.74, 6) is 0. The summed E-state index contributed by atoms with van der Waals surface area (Å²) in [6.45, 7) is 6.59. The number of hydrogen-bond acceptors (Lipinski definition) is 6. The van der Waals surface area contributed by atoms with Crippen molar-refractivity contribution in [3.05, 3.63) is 46.5 Å². The maximum atomic E-state index is 11.0. The van der Waals surface area contributed by atoms with Gasteiger partial charge in [-0.2, -0.15) is 10.4 Å². The Kier molecular flexibility index (Phi) is 5.89. The van der Waals surface area contributed by atoms with E-state index in [0.29, 0.717) is 5.71 Å². The lowest BCUT2D eigenvalue weighted by molar-refractivity contribution is -0.384. The fourth-order valence-corrected chi connectivity index (χ4v) is 1.59. The van der Waals surface area contributed by atoms with Crippen LogP contribution >= 0.6 is 0 Å². The Morgan fingerprint density at radius 3 is 2.90 bits per heavy atom. The third-order valence-electron chi connectivity index (χ3n) is 2.80. The van der Waals surface area contributed by atoms with Crippen molar-refractivity contribution in [1.29, 1.82) is 5.26 Å². The summed E-state index contributed by atoms with van der Waals surface area (Å²) in [7, 11) is 1.81. The Labute approximate surface area is 123 Å². The zero-order chi connectivity index (χ0) is 15.8. The summed E-state index contributed by atoms with van der Waals surface area (Å²) in [4.78, 5) is 10.5. The van der Waals surface area contributed by atoms with Gasteiger partial charge in [-0.3, -0.25) is 10.1 Å². The highest BCUT2D eigenvalue weighted by molar-refractivity contribution is 5.98. The highest BCUT2D eigenvalue weighted by Crippen LogP contribution is 2.27. The van der Waals surface area contributed by atoms with Gasteiger partial charge in [-0.05, 0) is 19.1 Å². The zero-order valence-corrected chi connectivity index (χ0v) is 12.0. The number of nitriles is 1. The molecule has 0 atom stereocenters. The third kappa shape index (κ3) is 4.31. The maximum absolute atomic E-state index is 11.0. The van der Waals surface area contributed by atoms with E-state index in [1.807, 2.05) is 20.0 Å². The molecule has 0 aromatic heterocycles. The molecule has 0 saturated heterocycles. The standard InChI is InChI=1S/C14H17N5O2/c1-4-12(17-18(3)5-2)10-16-14-11(9-15)7-6-8-13(14)19(20)21/h4,6-8,16H,1,5,10H2,2-3H3/b17-12+. The van der Waals surface area contributed by atoms with Crippen molar-refractivity contribution in [3.63, 3.8) is 0 Å².